The van der Waals surface area contributed by atoms with Gasteiger partial charge in [0, 0.05) is 18.3 Å². The Kier molecular flexibility index (Phi) is 4.01. The Labute approximate surface area is 125 Å². The predicted octanol–water partition coefficient (Wildman–Crippen LogP) is 3.22. The SMILES string of the molecule is COc1cccc(NC(=O)N2CCOC23CCCCC3)c1. The Balaban J connectivity index is 1.72. The van der Waals surface area contributed by atoms with E-state index >= 15 is 0 Å². The minimum Gasteiger partial charge on any atom is -0.497 e. The number of anilines is 1. The van der Waals surface area contributed by atoms with Crippen molar-refractivity contribution in [2.75, 3.05) is 25.6 Å². The summed E-state index contributed by atoms with van der Waals surface area (Å²) < 4.78 is 11.1. The standard InChI is InChI=1S/C16H22N2O3/c1-20-14-7-5-6-13(12-14)17-15(19)18-10-11-21-16(18)8-3-2-4-9-16/h5-7,12H,2-4,8-11H2,1H3,(H,17,19). The zero-order chi connectivity index (χ0) is 14.7. The molecule has 0 atom stereocenters. The van der Waals surface area contributed by atoms with Crippen molar-refractivity contribution >= 4 is 11.7 Å². The first-order chi connectivity index (χ1) is 10.2. The number of nitrogens with one attached hydrogen (secondary N) is 1. The van der Waals surface area contributed by atoms with Gasteiger partial charge in [-0.15, -0.1) is 0 Å². The summed E-state index contributed by atoms with van der Waals surface area (Å²) in [6.07, 6.45) is 5.37. The highest BCUT2D eigenvalue weighted by atomic mass is 16.5. The largest absolute Gasteiger partial charge is 0.497 e. The number of hydrogen-bond donors (Lipinski definition) is 1. The van der Waals surface area contributed by atoms with Crippen LogP contribution in [0.25, 0.3) is 0 Å². The first kappa shape index (κ1) is 14.2. The van der Waals surface area contributed by atoms with E-state index in [2.05, 4.69) is 5.32 Å². The van der Waals surface area contributed by atoms with Gasteiger partial charge < -0.3 is 14.8 Å². The van der Waals surface area contributed by atoms with Gasteiger partial charge in [-0.1, -0.05) is 12.5 Å². The van der Waals surface area contributed by atoms with Gasteiger partial charge in [0.1, 0.15) is 11.5 Å². The van der Waals surface area contributed by atoms with Crippen LogP contribution in [0.5, 0.6) is 5.75 Å². The van der Waals surface area contributed by atoms with Crippen molar-refractivity contribution in [3.8, 4) is 5.75 Å². The van der Waals surface area contributed by atoms with Crippen LogP contribution in [0.15, 0.2) is 24.3 Å². The summed E-state index contributed by atoms with van der Waals surface area (Å²) in [6, 6.07) is 7.33. The summed E-state index contributed by atoms with van der Waals surface area (Å²) >= 11 is 0. The van der Waals surface area contributed by atoms with E-state index in [-0.39, 0.29) is 11.8 Å². The zero-order valence-corrected chi connectivity index (χ0v) is 12.4. The molecule has 5 nitrogen and oxygen atoms in total. The van der Waals surface area contributed by atoms with Crippen LogP contribution in [0.3, 0.4) is 0 Å². The Morgan fingerprint density at radius 1 is 1.33 bits per heavy atom. The average Bonchev–Trinajstić information content (AvgIpc) is 2.91. The first-order valence-corrected chi connectivity index (χ1v) is 7.60. The van der Waals surface area contributed by atoms with Crippen LogP contribution in [-0.2, 0) is 4.74 Å². The van der Waals surface area contributed by atoms with E-state index < -0.39 is 0 Å². The van der Waals surface area contributed by atoms with Gasteiger partial charge in [-0.25, -0.2) is 4.79 Å². The quantitative estimate of drug-likeness (QED) is 0.910. The van der Waals surface area contributed by atoms with Crippen molar-refractivity contribution < 1.29 is 14.3 Å². The third-order valence-electron chi connectivity index (χ3n) is 4.38. The third-order valence-corrected chi connectivity index (χ3v) is 4.38. The van der Waals surface area contributed by atoms with E-state index in [1.165, 1.54) is 6.42 Å². The highest BCUT2D eigenvalue weighted by Crippen LogP contribution is 2.38. The Morgan fingerprint density at radius 2 is 2.14 bits per heavy atom. The summed E-state index contributed by atoms with van der Waals surface area (Å²) in [5, 5.41) is 2.96. The summed E-state index contributed by atoms with van der Waals surface area (Å²) in [5.41, 5.74) is 0.374. The van der Waals surface area contributed by atoms with Gasteiger partial charge in [0.2, 0.25) is 0 Å². The molecule has 5 heteroatoms. The van der Waals surface area contributed by atoms with Crippen LogP contribution in [0.4, 0.5) is 10.5 Å². The van der Waals surface area contributed by atoms with Gasteiger partial charge in [0.25, 0.3) is 0 Å². The summed E-state index contributed by atoms with van der Waals surface area (Å²) in [5.74, 6) is 0.734. The molecular formula is C16H22N2O3. The second-order valence-corrected chi connectivity index (χ2v) is 5.67. The minimum absolute atomic E-state index is 0.0809. The molecule has 3 rings (SSSR count). The monoisotopic (exact) mass is 290 g/mol. The van der Waals surface area contributed by atoms with Gasteiger partial charge in [0.15, 0.2) is 0 Å². The van der Waals surface area contributed by atoms with E-state index in [1.54, 1.807) is 7.11 Å². The normalized spacial score (nSPS) is 20.5. The number of benzene rings is 1. The highest BCUT2D eigenvalue weighted by Gasteiger charge is 2.45. The Hall–Kier alpha value is -1.75. The van der Waals surface area contributed by atoms with Gasteiger partial charge in [-0.05, 0) is 37.8 Å². The minimum atomic E-state index is -0.374. The second-order valence-electron chi connectivity index (χ2n) is 5.67. The molecule has 1 aromatic carbocycles. The van der Waals surface area contributed by atoms with Crippen LogP contribution in [0, 0.1) is 0 Å². The molecule has 1 heterocycles. The molecule has 0 radical (unpaired) electrons. The first-order valence-electron chi connectivity index (χ1n) is 7.60. The number of ether oxygens (including phenoxy) is 2. The molecule has 0 bridgehead atoms. The van der Waals surface area contributed by atoms with Crippen molar-refractivity contribution in [2.45, 2.75) is 37.8 Å². The number of urea groups is 1. The predicted molar refractivity (Wildman–Crippen MR) is 80.5 cm³/mol. The fourth-order valence-electron chi connectivity index (χ4n) is 3.31. The number of rotatable bonds is 2. The van der Waals surface area contributed by atoms with Crippen LogP contribution in [0.2, 0.25) is 0 Å². The Morgan fingerprint density at radius 3 is 2.90 bits per heavy atom. The van der Waals surface area contributed by atoms with Crippen molar-refractivity contribution in [2.24, 2.45) is 0 Å². The van der Waals surface area contributed by atoms with Gasteiger partial charge in [0.05, 0.1) is 13.7 Å². The smallest absolute Gasteiger partial charge is 0.324 e. The van der Waals surface area contributed by atoms with E-state index in [0.29, 0.717) is 13.2 Å². The molecule has 1 saturated carbocycles. The summed E-state index contributed by atoms with van der Waals surface area (Å²) in [6.45, 7) is 1.29. The maximum atomic E-state index is 12.6. The van der Waals surface area contributed by atoms with Gasteiger partial charge in [-0.3, -0.25) is 4.90 Å². The number of hydrogen-bond acceptors (Lipinski definition) is 3. The third kappa shape index (κ3) is 2.83. The molecule has 2 amide bonds. The number of nitrogens with zero attached hydrogens (tertiary/aromatic N) is 1. The fraction of sp³-hybridized carbons (Fsp3) is 0.562. The van der Waals surface area contributed by atoms with E-state index in [0.717, 1.165) is 37.1 Å². The molecule has 1 aliphatic heterocycles. The van der Waals surface area contributed by atoms with Crippen molar-refractivity contribution in [3.05, 3.63) is 24.3 Å². The van der Waals surface area contributed by atoms with E-state index in [9.17, 15) is 4.79 Å². The lowest BCUT2D eigenvalue weighted by Crippen LogP contribution is -2.51. The molecule has 114 valence electrons. The van der Waals surface area contributed by atoms with Crippen molar-refractivity contribution in [1.29, 1.82) is 0 Å². The lowest BCUT2D eigenvalue weighted by molar-refractivity contribution is -0.0867. The van der Waals surface area contributed by atoms with Crippen LogP contribution < -0.4 is 10.1 Å². The maximum absolute atomic E-state index is 12.6. The average molecular weight is 290 g/mol. The molecule has 2 fully saturated rings. The lowest BCUT2D eigenvalue weighted by atomic mass is 9.91. The van der Waals surface area contributed by atoms with E-state index in [1.807, 2.05) is 29.2 Å². The summed E-state index contributed by atoms with van der Waals surface area (Å²) in [7, 11) is 1.62. The molecule has 2 aliphatic rings. The number of methoxy groups -OCH3 is 1. The number of amides is 2. The molecular weight excluding hydrogens is 268 g/mol. The second kappa shape index (κ2) is 5.93. The van der Waals surface area contributed by atoms with Gasteiger partial charge >= 0.3 is 6.03 Å². The van der Waals surface area contributed by atoms with Crippen molar-refractivity contribution in [1.82, 2.24) is 4.90 Å². The molecule has 1 N–H and O–H groups in total. The molecule has 21 heavy (non-hydrogen) atoms. The topological polar surface area (TPSA) is 50.8 Å². The lowest BCUT2D eigenvalue weighted by Gasteiger charge is -2.39. The summed E-state index contributed by atoms with van der Waals surface area (Å²) in [4.78, 5) is 14.4. The van der Waals surface area contributed by atoms with E-state index in [4.69, 9.17) is 9.47 Å². The molecule has 1 aromatic rings. The Bertz CT molecular complexity index is 512. The number of carbonyl (C=O) groups excluding carboxylic acids is 1. The molecule has 0 aromatic heterocycles. The molecule has 1 saturated heterocycles. The van der Waals surface area contributed by atoms with Crippen LogP contribution in [0.1, 0.15) is 32.1 Å². The maximum Gasteiger partial charge on any atom is 0.324 e. The molecule has 1 spiro atoms. The fourth-order valence-corrected chi connectivity index (χ4v) is 3.31. The number of carbonyl (C=O) groups is 1. The van der Waals surface area contributed by atoms with Crippen molar-refractivity contribution in [3.63, 3.8) is 0 Å². The molecule has 0 unspecified atom stereocenters. The van der Waals surface area contributed by atoms with Gasteiger partial charge in [-0.2, -0.15) is 0 Å². The zero-order valence-electron chi connectivity index (χ0n) is 12.4. The van der Waals surface area contributed by atoms with Crippen LogP contribution in [-0.4, -0.2) is 36.9 Å². The highest BCUT2D eigenvalue weighted by molar-refractivity contribution is 5.90. The van der Waals surface area contributed by atoms with Crippen LogP contribution >= 0.6 is 0 Å². The molecule has 1 aliphatic carbocycles.